The van der Waals surface area contributed by atoms with Crippen LogP contribution in [0.5, 0.6) is 0 Å². The summed E-state index contributed by atoms with van der Waals surface area (Å²) in [6.45, 7) is 7.79. The first-order valence-electron chi connectivity index (χ1n) is 6.13. The average molecular weight is 362 g/mol. The monoisotopic (exact) mass is 361 g/mol. The molecule has 0 fully saturated rings. The molecule has 1 aromatic rings. The van der Waals surface area contributed by atoms with E-state index in [2.05, 4.69) is 20.3 Å². The van der Waals surface area contributed by atoms with Crippen LogP contribution < -0.4 is 0 Å². The minimum atomic E-state index is -0.624. The lowest BCUT2D eigenvalue weighted by Crippen LogP contribution is -2.20. The second-order valence-electron chi connectivity index (χ2n) is 4.99. The molecule has 110 valence electrons. The number of halogens is 2. The summed E-state index contributed by atoms with van der Waals surface area (Å²) < 4.78 is 23.6. The first kappa shape index (κ1) is 17.2. The topological polar surface area (TPSA) is 38.7 Å². The molecular weight excluding hydrogens is 345 g/mol. The molecule has 0 atom stereocenters. The molecule has 6 heteroatoms. The van der Waals surface area contributed by atoms with Gasteiger partial charge in [-0.3, -0.25) is 0 Å². The molecule has 0 aliphatic rings. The third-order valence-electron chi connectivity index (χ3n) is 2.06. The highest BCUT2D eigenvalue weighted by atomic mass is 79.9. The minimum Gasteiger partial charge on any atom is -0.461 e. The van der Waals surface area contributed by atoms with Crippen molar-refractivity contribution < 1.29 is 13.9 Å². The van der Waals surface area contributed by atoms with Gasteiger partial charge in [0.1, 0.15) is 5.82 Å². The van der Waals surface area contributed by atoms with E-state index in [9.17, 15) is 9.18 Å². The molecule has 0 bridgehead atoms. The van der Waals surface area contributed by atoms with Crippen LogP contribution in [0.15, 0.2) is 27.1 Å². The van der Waals surface area contributed by atoms with Gasteiger partial charge in [-0.05, 0) is 57.8 Å². The SMILES string of the molecule is CCOC(=O)C(=NSC(C)(C)C)c1cc(Br)ccc1F. The van der Waals surface area contributed by atoms with Gasteiger partial charge in [-0.25, -0.2) is 13.6 Å². The standard InChI is InChI=1S/C14H17BrFNO2S/c1-5-19-13(18)12(17-20-14(2,3)4)10-8-9(15)6-7-11(10)16/h6-8H,5H2,1-4H3. The summed E-state index contributed by atoms with van der Waals surface area (Å²) in [7, 11) is 0. The summed E-state index contributed by atoms with van der Waals surface area (Å²) in [5.74, 6) is -1.13. The van der Waals surface area contributed by atoms with Crippen LogP contribution in [0.25, 0.3) is 0 Å². The predicted molar refractivity (Wildman–Crippen MR) is 84.6 cm³/mol. The van der Waals surface area contributed by atoms with Crippen molar-refractivity contribution in [3.05, 3.63) is 34.1 Å². The Morgan fingerprint density at radius 2 is 2.10 bits per heavy atom. The number of hydrogen-bond acceptors (Lipinski definition) is 4. The van der Waals surface area contributed by atoms with E-state index in [1.54, 1.807) is 13.0 Å². The number of carbonyl (C=O) groups excluding carboxylic acids is 1. The maximum absolute atomic E-state index is 13.9. The van der Waals surface area contributed by atoms with E-state index in [4.69, 9.17) is 4.74 Å². The first-order chi connectivity index (χ1) is 9.24. The van der Waals surface area contributed by atoms with Crippen LogP contribution in [0, 0.1) is 5.82 Å². The fourth-order valence-electron chi connectivity index (χ4n) is 1.26. The summed E-state index contributed by atoms with van der Waals surface area (Å²) in [6.07, 6.45) is 0. The van der Waals surface area contributed by atoms with Crippen LogP contribution in [-0.2, 0) is 9.53 Å². The number of rotatable bonds is 4. The minimum absolute atomic E-state index is 0.00873. The molecule has 1 aromatic carbocycles. The van der Waals surface area contributed by atoms with Crippen LogP contribution in [0.1, 0.15) is 33.3 Å². The number of carbonyl (C=O) groups is 1. The van der Waals surface area contributed by atoms with Crippen molar-refractivity contribution in [1.29, 1.82) is 0 Å². The van der Waals surface area contributed by atoms with Crippen molar-refractivity contribution in [2.45, 2.75) is 32.4 Å². The molecule has 20 heavy (non-hydrogen) atoms. The molecule has 0 amide bonds. The van der Waals surface area contributed by atoms with Gasteiger partial charge in [0.25, 0.3) is 0 Å². The van der Waals surface area contributed by atoms with E-state index in [-0.39, 0.29) is 22.6 Å². The molecule has 0 spiro atoms. The van der Waals surface area contributed by atoms with Gasteiger partial charge in [0, 0.05) is 14.8 Å². The van der Waals surface area contributed by atoms with Gasteiger partial charge in [0.15, 0.2) is 5.71 Å². The van der Waals surface area contributed by atoms with Gasteiger partial charge in [-0.2, -0.15) is 0 Å². The summed E-state index contributed by atoms with van der Waals surface area (Å²) in [6, 6.07) is 4.38. The highest BCUT2D eigenvalue weighted by Crippen LogP contribution is 2.26. The third kappa shape index (κ3) is 5.25. The largest absolute Gasteiger partial charge is 0.461 e. The lowest BCUT2D eigenvalue weighted by Gasteiger charge is -2.14. The molecule has 1 rings (SSSR count). The lowest BCUT2D eigenvalue weighted by molar-refractivity contribution is -0.134. The van der Waals surface area contributed by atoms with Crippen LogP contribution in [0.2, 0.25) is 0 Å². The van der Waals surface area contributed by atoms with Crippen LogP contribution in [-0.4, -0.2) is 23.0 Å². The van der Waals surface area contributed by atoms with Crippen molar-refractivity contribution >= 4 is 39.6 Å². The summed E-state index contributed by atoms with van der Waals surface area (Å²) in [5, 5.41) is 0. The second kappa shape index (κ2) is 7.22. The molecule has 0 aromatic heterocycles. The number of esters is 1. The summed E-state index contributed by atoms with van der Waals surface area (Å²) in [4.78, 5) is 12.0. The number of ether oxygens (including phenoxy) is 1. The Bertz CT molecular complexity index is 526. The zero-order valence-corrected chi connectivity index (χ0v) is 14.3. The zero-order chi connectivity index (χ0) is 15.3. The molecular formula is C14H17BrFNO2S. The second-order valence-corrected chi connectivity index (χ2v) is 7.49. The van der Waals surface area contributed by atoms with Gasteiger partial charge in [-0.1, -0.05) is 15.9 Å². The zero-order valence-electron chi connectivity index (χ0n) is 11.9. The number of hydrogen-bond donors (Lipinski definition) is 0. The Hall–Kier alpha value is -0.880. The highest BCUT2D eigenvalue weighted by Gasteiger charge is 2.21. The molecule has 0 aliphatic carbocycles. The molecule has 0 N–H and O–H groups in total. The van der Waals surface area contributed by atoms with E-state index in [0.717, 1.165) is 0 Å². The molecule has 0 saturated heterocycles. The Morgan fingerprint density at radius 1 is 1.45 bits per heavy atom. The van der Waals surface area contributed by atoms with Gasteiger partial charge in [0.05, 0.1) is 6.61 Å². The predicted octanol–water partition coefficient (Wildman–Crippen LogP) is 4.39. The summed E-state index contributed by atoms with van der Waals surface area (Å²) in [5.41, 5.74) is 0.125. The molecule has 0 radical (unpaired) electrons. The van der Waals surface area contributed by atoms with Crippen molar-refractivity contribution in [1.82, 2.24) is 0 Å². The quantitative estimate of drug-likeness (QED) is 0.453. The van der Waals surface area contributed by atoms with E-state index in [1.165, 1.54) is 24.1 Å². The maximum Gasteiger partial charge on any atom is 0.358 e. The van der Waals surface area contributed by atoms with Gasteiger partial charge in [0.2, 0.25) is 0 Å². The van der Waals surface area contributed by atoms with E-state index >= 15 is 0 Å². The van der Waals surface area contributed by atoms with Crippen LogP contribution in [0.3, 0.4) is 0 Å². The Morgan fingerprint density at radius 3 is 2.65 bits per heavy atom. The molecule has 0 saturated carbocycles. The van der Waals surface area contributed by atoms with Crippen molar-refractivity contribution in [2.75, 3.05) is 6.61 Å². The first-order valence-corrected chi connectivity index (χ1v) is 7.70. The van der Waals surface area contributed by atoms with Crippen molar-refractivity contribution in [3.63, 3.8) is 0 Å². The van der Waals surface area contributed by atoms with E-state index in [0.29, 0.717) is 4.47 Å². The Kier molecular flexibility index (Phi) is 6.20. The van der Waals surface area contributed by atoms with Crippen molar-refractivity contribution in [3.8, 4) is 0 Å². The fraction of sp³-hybridized carbons (Fsp3) is 0.429. The van der Waals surface area contributed by atoms with Crippen molar-refractivity contribution in [2.24, 2.45) is 4.40 Å². The highest BCUT2D eigenvalue weighted by molar-refractivity contribution is 9.10. The molecule has 3 nitrogen and oxygen atoms in total. The van der Waals surface area contributed by atoms with Gasteiger partial charge < -0.3 is 4.74 Å². The molecule has 0 unspecified atom stereocenters. The van der Waals surface area contributed by atoms with Gasteiger partial charge in [-0.15, -0.1) is 0 Å². The Balaban J connectivity index is 3.23. The maximum atomic E-state index is 13.9. The van der Waals surface area contributed by atoms with Gasteiger partial charge >= 0.3 is 5.97 Å². The average Bonchev–Trinajstić information content (AvgIpc) is 2.32. The van der Waals surface area contributed by atoms with E-state index < -0.39 is 11.8 Å². The molecule has 0 heterocycles. The van der Waals surface area contributed by atoms with Crippen LogP contribution in [0.4, 0.5) is 4.39 Å². The third-order valence-corrected chi connectivity index (χ3v) is 3.38. The normalized spacial score (nSPS) is 12.4. The number of benzene rings is 1. The molecule has 0 aliphatic heterocycles. The van der Waals surface area contributed by atoms with Crippen LogP contribution >= 0.6 is 27.9 Å². The smallest absolute Gasteiger partial charge is 0.358 e. The number of nitrogens with zero attached hydrogens (tertiary/aromatic N) is 1. The lowest BCUT2D eigenvalue weighted by atomic mass is 10.1. The Labute approximate surface area is 131 Å². The fourth-order valence-corrected chi connectivity index (χ4v) is 2.16. The van der Waals surface area contributed by atoms with E-state index in [1.807, 2.05) is 20.8 Å². The summed E-state index contributed by atoms with van der Waals surface area (Å²) >= 11 is 4.47.